The fourth-order valence-corrected chi connectivity index (χ4v) is 2.28. The summed E-state index contributed by atoms with van der Waals surface area (Å²) in [5, 5.41) is 0. The lowest BCUT2D eigenvalue weighted by molar-refractivity contribution is 0.0726. The van der Waals surface area contributed by atoms with E-state index in [0.29, 0.717) is 17.2 Å². The molecule has 1 atom stereocenters. The second-order valence-corrected chi connectivity index (χ2v) is 5.41. The number of ether oxygens (including phenoxy) is 1. The Morgan fingerprint density at radius 1 is 1.12 bits per heavy atom. The quantitative estimate of drug-likeness (QED) is 0.703. The van der Waals surface area contributed by atoms with E-state index < -0.39 is 0 Å². The molecule has 0 saturated heterocycles. The first-order chi connectivity index (χ1) is 11.6. The van der Waals surface area contributed by atoms with E-state index in [1.165, 1.54) is 6.20 Å². The predicted molar refractivity (Wildman–Crippen MR) is 90.0 cm³/mol. The van der Waals surface area contributed by atoms with Gasteiger partial charge in [0.15, 0.2) is 0 Å². The number of para-hydroxylation sites is 1. The lowest BCUT2D eigenvalue weighted by atomic mass is 10.2. The van der Waals surface area contributed by atoms with Crippen molar-refractivity contribution in [3.8, 4) is 11.6 Å². The van der Waals surface area contributed by atoms with E-state index in [4.69, 9.17) is 9.15 Å². The maximum Gasteiger partial charge on any atom is 0.255 e. The SMILES string of the molecule is CC(c1ccco1)N(C)C(=O)c1ccc(Oc2ccccc2)nc1. The number of furan rings is 1. The van der Waals surface area contributed by atoms with Gasteiger partial charge >= 0.3 is 0 Å². The van der Waals surface area contributed by atoms with Crippen LogP contribution in [0.3, 0.4) is 0 Å². The van der Waals surface area contributed by atoms with Crippen molar-refractivity contribution in [3.05, 3.63) is 78.4 Å². The number of hydrogen-bond acceptors (Lipinski definition) is 4. The van der Waals surface area contributed by atoms with Crippen LogP contribution in [0.1, 0.15) is 29.1 Å². The van der Waals surface area contributed by atoms with Crippen LogP contribution in [0.2, 0.25) is 0 Å². The summed E-state index contributed by atoms with van der Waals surface area (Å²) >= 11 is 0. The van der Waals surface area contributed by atoms with Crippen LogP contribution in [0.5, 0.6) is 11.6 Å². The van der Waals surface area contributed by atoms with E-state index in [9.17, 15) is 4.79 Å². The number of carbonyl (C=O) groups excluding carboxylic acids is 1. The van der Waals surface area contributed by atoms with Crippen molar-refractivity contribution in [2.45, 2.75) is 13.0 Å². The van der Waals surface area contributed by atoms with Crippen LogP contribution in [-0.4, -0.2) is 22.8 Å². The normalized spacial score (nSPS) is 11.8. The van der Waals surface area contributed by atoms with Crippen LogP contribution >= 0.6 is 0 Å². The van der Waals surface area contributed by atoms with Crippen molar-refractivity contribution in [1.29, 1.82) is 0 Å². The minimum absolute atomic E-state index is 0.127. The molecule has 2 aromatic heterocycles. The van der Waals surface area contributed by atoms with Gasteiger partial charge in [0.1, 0.15) is 11.5 Å². The van der Waals surface area contributed by atoms with Gasteiger partial charge in [-0.1, -0.05) is 18.2 Å². The number of amides is 1. The fraction of sp³-hybridized carbons (Fsp3) is 0.158. The van der Waals surface area contributed by atoms with Crippen molar-refractivity contribution in [2.24, 2.45) is 0 Å². The summed E-state index contributed by atoms with van der Waals surface area (Å²) in [5.74, 6) is 1.76. The van der Waals surface area contributed by atoms with Crippen molar-refractivity contribution in [2.75, 3.05) is 7.05 Å². The molecule has 1 unspecified atom stereocenters. The molecule has 0 radical (unpaired) electrons. The summed E-state index contributed by atoms with van der Waals surface area (Å²) in [6.07, 6.45) is 3.12. The first-order valence-corrected chi connectivity index (χ1v) is 7.64. The summed E-state index contributed by atoms with van der Waals surface area (Å²) in [5.41, 5.74) is 0.497. The Hall–Kier alpha value is -3.08. The third kappa shape index (κ3) is 3.46. The molecule has 0 fully saturated rings. The van der Waals surface area contributed by atoms with Gasteiger partial charge in [0.2, 0.25) is 5.88 Å². The van der Waals surface area contributed by atoms with Crippen molar-refractivity contribution >= 4 is 5.91 Å². The van der Waals surface area contributed by atoms with Crippen molar-refractivity contribution in [3.63, 3.8) is 0 Å². The number of pyridine rings is 1. The molecule has 3 rings (SSSR count). The van der Waals surface area contributed by atoms with Gasteiger partial charge in [0.25, 0.3) is 5.91 Å². The summed E-state index contributed by atoms with van der Waals surface area (Å²) < 4.78 is 11.0. The van der Waals surface area contributed by atoms with Crippen LogP contribution < -0.4 is 4.74 Å². The van der Waals surface area contributed by atoms with Gasteiger partial charge in [-0.15, -0.1) is 0 Å². The lowest BCUT2D eigenvalue weighted by Gasteiger charge is -2.23. The number of benzene rings is 1. The maximum absolute atomic E-state index is 12.6. The number of rotatable bonds is 5. The lowest BCUT2D eigenvalue weighted by Crippen LogP contribution is -2.29. The summed E-state index contributed by atoms with van der Waals surface area (Å²) in [6.45, 7) is 1.91. The van der Waals surface area contributed by atoms with Crippen LogP contribution in [0.4, 0.5) is 0 Å². The Morgan fingerprint density at radius 2 is 1.92 bits per heavy atom. The van der Waals surface area contributed by atoms with Gasteiger partial charge in [-0.05, 0) is 37.3 Å². The molecular weight excluding hydrogens is 304 g/mol. The largest absolute Gasteiger partial charge is 0.467 e. The Morgan fingerprint density at radius 3 is 2.54 bits per heavy atom. The molecule has 0 bridgehead atoms. The van der Waals surface area contributed by atoms with Crippen molar-refractivity contribution in [1.82, 2.24) is 9.88 Å². The molecule has 0 aliphatic heterocycles. The molecule has 0 spiro atoms. The number of hydrogen-bond donors (Lipinski definition) is 0. The van der Waals surface area contributed by atoms with Gasteiger partial charge in [0.05, 0.1) is 17.9 Å². The molecule has 1 aromatic carbocycles. The third-order valence-electron chi connectivity index (χ3n) is 3.81. The van der Waals surface area contributed by atoms with E-state index in [1.54, 1.807) is 36.4 Å². The molecule has 5 heteroatoms. The molecule has 1 amide bonds. The first-order valence-electron chi connectivity index (χ1n) is 7.64. The van der Waals surface area contributed by atoms with E-state index in [2.05, 4.69) is 4.98 Å². The van der Waals surface area contributed by atoms with E-state index in [0.717, 1.165) is 5.76 Å². The Balaban J connectivity index is 1.69. The molecule has 122 valence electrons. The molecule has 0 saturated carbocycles. The Bertz CT molecular complexity index is 783. The smallest absolute Gasteiger partial charge is 0.255 e. The van der Waals surface area contributed by atoms with E-state index >= 15 is 0 Å². The average Bonchev–Trinajstić information content (AvgIpc) is 3.16. The van der Waals surface area contributed by atoms with E-state index in [1.807, 2.05) is 43.3 Å². The number of nitrogens with zero attached hydrogens (tertiary/aromatic N) is 2. The predicted octanol–water partition coefficient (Wildman–Crippen LogP) is 4.30. The second-order valence-electron chi connectivity index (χ2n) is 5.41. The molecule has 5 nitrogen and oxygen atoms in total. The summed E-state index contributed by atoms with van der Waals surface area (Å²) in [6, 6.07) is 16.3. The zero-order valence-corrected chi connectivity index (χ0v) is 13.5. The van der Waals surface area contributed by atoms with Gasteiger partial charge in [-0.2, -0.15) is 0 Å². The maximum atomic E-state index is 12.6. The minimum atomic E-state index is -0.159. The molecule has 2 heterocycles. The van der Waals surface area contributed by atoms with Gasteiger partial charge in [0, 0.05) is 19.3 Å². The molecule has 0 aliphatic carbocycles. The molecule has 0 N–H and O–H groups in total. The topological polar surface area (TPSA) is 55.6 Å². The third-order valence-corrected chi connectivity index (χ3v) is 3.81. The highest BCUT2D eigenvalue weighted by Gasteiger charge is 2.21. The highest BCUT2D eigenvalue weighted by atomic mass is 16.5. The van der Waals surface area contributed by atoms with Crippen LogP contribution in [0.15, 0.2) is 71.5 Å². The number of aromatic nitrogens is 1. The second kappa shape index (κ2) is 7.00. The summed E-state index contributed by atoms with van der Waals surface area (Å²) in [7, 11) is 1.74. The van der Waals surface area contributed by atoms with E-state index in [-0.39, 0.29) is 11.9 Å². The summed E-state index contributed by atoms with van der Waals surface area (Å²) in [4.78, 5) is 18.4. The van der Waals surface area contributed by atoms with Gasteiger partial charge < -0.3 is 14.1 Å². The standard InChI is InChI=1S/C19H18N2O3/c1-14(17-9-6-12-23-17)21(2)19(22)15-10-11-18(20-13-15)24-16-7-4-3-5-8-16/h3-14H,1-2H3. The average molecular weight is 322 g/mol. The Labute approximate surface area is 140 Å². The zero-order chi connectivity index (χ0) is 16.9. The highest BCUT2D eigenvalue weighted by Crippen LogP contribution is 2.22. The van der Waals surface area contributed by atoms with Crippen LogP contribution in [0.25, 0.3) is 0 Å². The molecule has 3 aromatic rings. The van der Waals surface area contributed by atoms with Gasteiger partial charge in [-0.3, -0.25) is 4.79 Å². The molecular formula is C19H18N2O3. The minimum Gasteiger partial charge on any atom is -0.467 e. The monoisotopic (exact) mass is 322 g/mol. The van der Waals surface area contributed by atoms with Crippen molar-refractivity contribution < 1.29 is 13.9 Å². The first kappa shape index (κ1) is 15.8. The Kier molecular flexibility index (Phi) is 4.61. The molecule has 24 heavy (non-hydrogen) atoms. The fourth-order valence-electron chi connectivity index (χ4n) is 2.28. The van der Waals surface area contributed by atoms with Crippen LogP contribution in [0, 0.1) is 0 Å². The van der Waals surface area contributed by atoms with Gasteiger partial charge in [-0.25, -0.2) is 4.98 Å². The zero-order valence-electron chi connectivity index (χ0n) is 13.5. The number of carbonyl (C=O) groups is 1. The molecule has 0 aliphatic rings. The van der Waals surface area contributed by atoms with Crippen LogP contribution in [-0.2, 0) is 0 Å². The highest BCUT2D eigenvalue weighted by molar-refractivity contribution is 5.94.